The summed E-state index contributed by atoms with van der Waals surface area (Å²) in [4.78, 5) is 33.9. The second kappa shape index (κ2) is 6.48. The fourth-order valence-electron chi connectivity index (χ4n) is 3.49. The SMILES string of the molecule is Cc1ccc(CC(=O)N2CCCCC2c2cc(=O)n3[nH]ccc3n2)s1. The molecule has 3 aromatic rings. The first-order valence-corrected chi connectivity index (χ1v) is 9.35. The monoisotopic (exact) mass is 356 g/mol. The molecule has 25 heavy (non-hydrogen) atoms. The number of aryl methyl sites for hydroxylation is 1. The molecule has 0 bridgehead atoms. The molecule has 6 nitrogen and oxygen atoms in total. The predicted octanol–water partition coefficient (Wildman–Crippen LogP) is 2.69. The number of hydrogen-bond donors (Lipinski definition) is 1. The van der Waals surface area contributed by atoms with E-state index in [9.17, 15) is 9.59 Å². The molecule has 130 valence electrons. The van der Waals surface area contributed by atoms with Crippen LogP contribution in [0.5, 0.6) is 0 Å². The van der Waals surface area contributed by atoms with Gasteiger partial charge in [-0.05, 0) is 38.3 Å². The van der Waals surface area contributed by atoms with Crippen LogP contribution in [0.15, 0.2) is 35.3 Å². The minimum atomic E-state index is -0.142. The zero-order valence-corrected chi connectivity index (χ0v) is 14.9. The van der Waals surface area contributed by atoms with Gasteiger partial charge < -0.3 is 4.90 Å². The Morgan fingerprint density at radius 3 is 3.04 bits per heavy atom. The topological polar surface area (TPSA) is 70.5 Å². The van der Waals surface area contributed by atoms with Gasteiger partial charge in [0.2, 0.25) is 5.91 Å². The van der Waals surface area contributed by atoms with Crippen LogP contribution in [0.25, 0.3) is 5.65 Å². The fourth-order valence-corrected chi connectivity index (χ4v) is 4.37. The quantitative estimate of drug-likeness (QED) is 0.784. The summed E-state index contributed by atoms with van der Waals surface area (Å²) in [5, 5.41) is 2.85. The first kappa shape index (κ1) is 16.1. The van der Waals surface area contributed by atoms with Crippen molar-refractivity contribution in [3.63, 3.8) is 0 Å². The molecular formula is C18H20N4O2S. The smallest absolute Gasteiger partial charge is 0.272 e. The minimum Gasteiger partial charge on any atom is -0.334 e. The average molecular weight is 356 g/mol. The molecule has 1 atom stereocenters. The highest BCUT2D eigenvalue weighted by Crippen LogP contribution is 2.30. The lowest BCUT2D eigenvalue weighted by Crippen LogP contribution is -2.40. The lowest BCUT2D eigenvalue weighted by atomic mass is 9.98. The summed E-state index contributed by atoms with van der Waals surface area (Å²) in [6, 6.07) is 7.27. The van der Waals surface area contributed by atoms with E-state index in [1.807, 2.05) is 24.0 Å². The lowest BCUT2D eigenvalue weighted by molar-refractivity contribution is -0.134. The van der Waals surface area contributed by atoms with Gasteiger partial charge in [0.05, 0.1) is 18.2 Å². The number of piperidine rings is 1. The molecule has 0 aliphatic carbocycles. The van der Waals surface area contributed by atoms with Crippen LogP contribution in [0.2, 0.25) is 0 Å². The molecule has 1 saturated heterocycles. The molecule has 1 amide bonds. The molecule has 7 heteroatoms. The molecule has 4 rings (SSSR count). The minimum absolute atomic E-state index is 0.114. The number of carbonyl (C=O) groups excluding carboxylic acids is 1. The third-order valence-electron chi connectivity index (χ3n) is 4.69. The summed E-state index contributed by atoms with van der Waals surface area (Å²) in [6.07, 6.45) is 5.00. The van der Waals surface area contributed by atoms with Crippen LogP contribution in [0.3, 0.4) is 0 Å². The molecular weight excluding hydrogens is 336 g/mol. The molecule has 0 spiro atoms. The van der Waals surface area contributed by atoms with Crippen molar-refractivity contribution in [2.75, 3.05) is 6.54 Å². The Hall–Kier alpha value is -2.41. The maximum absolute atomic E-state index is 12.9. The Morgan fingerprint density at radius 2 is 2.24 bits per heavy atom. The molecule has 4 heterocycles. The fraction of sp³-hybridized carbons (Fsp3) is 0.389. The molecule has 0 radical (unpaired) electrons. The van der Waals surface area contributed by atoms with Gasteiger partial charge in [-0.3, -0.25) is 14.7 Å². The lowest BCUT2D eigenvalue weighted by Gasteiger charge is -2.35. The second-order valence-electron chi connectivity index (χ2n) is 6.46. The summed E-state index contributed by atoms with van der Waals surface area (Å²) in [5.41, 5.74) is 1.14. The van der Waals surface area contributed by atoms with Gasteiger partial charge >= 0.3 is 0 Å². The van der Waals surface area contributed by atoms with Crippen molar-refractivity contribution >= 4 is 22.9 Å². The van der Waals surface area contributed by atoms with Crippen LogP contribution in [-0.2, 0) is 11.2 Å². The van der Waals surface area contributed by atoms with Crippen LogP contribution in [0.1, 0.15) is 40.8 Å². The van der Waals surface area contributed by atoms with Crippen LogP contribution >= 0.6 is 11.3 Å². The standard InChI is InChI=1S/C18H20N4O2S/c1-12-5-6-13(25-12)10-17(23)21-9-3-2-4-15(21)14-11-18(24)22-16(20-14)7-8-19-22/h5-8,11,15,19H,2-4,9-10H2,1H3. The molecule has 1 unspecified atom stereocenters. The maximum Gasteiger partial charge on any atom is 0.272 e. The number of aromatic nitrogens is 3. The van der Waals surface area contributed by atoms with Crippen LogP contribution in [0.4, 0.5) is 0 Å². The van der Waals surface area contributed by atoms with Gasteiger partial charge in [0.15, 0.2) is 5.65 Å². The summed E-state index contributed by atoms with van der Waals surface area (Å²) < 4.78 is 1.41. The van der Waals surface area contributed by atoms with Gasteiger partial charge in [-0.15, -0.1) is 11.3 Å². The van der Waals surface area contributed by atoms with Crippen molar-refractivity contribution in [3.8, 4) is 0 Å². The number of thiophene rings is 1. The highest BCUT2D eigenvalue weighted by molar-refractivity contribution is 7.12. The molecule has 1 aliphatic rings. The Bertz CT molecular complexity index is 971. The normalized spacial score (nSPS) is 18.0. The Balaban J connectivity index is 1.63. The van der Waals surface area contributed by atoms with Crippen molar-refractivity contribution in [2.24, 2.45) is 0 Å². The molecule has 1 fully saturated rings. The van der Waals surface area contributed by atoms with E-state index in [0.29, 0.717) is 17.8 Å². The van der Waals surface area contributed by atoms with E-state index < -0.39 is 0 Å². The largest absolute Gasteiger partial charge is 0.334 e. The van der Waals surface area contributed by atoms with Crippen LogP contribution < -0.4 is 5.56 Å². The number of likely N-dealkylation sites (tertiary alicyclic amines) is 1. The van der Waals surface area contributed by atoms with Crippen LogP contribution in [-0.4, -0.2) is 31.9 Å². The number of nitrogens with zero attached hydrogens (tertiary/aromatic N) is 3. The van der Waals surface area contributed by atoms with Crippen molar-refractivity contribution in [2.45, 2.75) is 38.6 Å². The summed E-state index contributed by atoms with van der Waals surface area (Å²) in [7, 11) is 0. The predicted molar refractivity (Wildman–Crippen MR) is 96.9 cm³/mol. The number of nitrogens with one attached hydrogen (secondary N) is 1. The zero-order valence-electron chi connectivity index (χ0n) is 14.1. The van der Waals surface area contributed by atoms with Gasteiger partial charge in [0.1, 0.15) is 0 Å². The van der Waals surface area contributed by atoms with E-state index in [4.69, 9.17) is 0 Å². The summed E-state index contributed by atoms with van der Waals surface area (Å²) in [5.74, 6) is 0.114. The van der Waals surface area contributed by atoms with Gasteiger partial charge in [-0.1, -0.05) is 0 Å². The zero-order chi connectivity index (χ0) is 17.4. The van der Waals surface area contributed by atoms with Gasteiger partial charge in [0, 0.05) is 34.6 Å². The van der Waals surface area contributed by atoms with Crippen LogP contribution in [0, 0.1) is 6.92 Å². The summed E-state index contributed by atoms with van der Waals surface area (Å²) >= 11 is 1.66. The Morgan fingerprint density at radius 1 is 1.36 bits per heavy atom. The number of H-pyrrole nitrogens is 1. The third-order valence-corrected chi connectivity index (χ3v) is 5.69. The van der Waals surface area contributed by atoms with Gasteiger partial charge in [0.25, 0.3) is 5.56 Å². The first-order chi connectivity index (χ1) is 12.1. The third kappa shape index (κ3) is 3.11. The van der Waals surface area contributed by atoms with E-state index in [2.05, 4.69) is 10.1 Å². The average Bonchev–Trinajstić information content (AvgIpc) is 3.24. The molecule has 3 aromatic heterocycles. The molecule has 0 aromatic carbocycles. The van der Waals surface area contributed by atoms with E-state index >= 15 is 0 Å². The molecule has 0 saturated carbocycles. The highest BCUT2D eigenvalue weighted by atomic mass is 32.1. The number of carbonyl (C=O) groups is 1. The second-order valence-corrected chi connectivity index (χ2v) is 7.84. The van der Waals surface area contributed by atoms with E-state index in [1.54, 1.807) is 29.7 Å². The van der Waals surface area contributed by atoms with E-state index in [-0.39, 0.29) is 17.5 Å². The summed E-state index contributed by atoms with van der Waals surface area (Å²) in [6.45, 7) is 2.77. The van der Waals surface area contributed by atoms with Gasteiger partial charge in [-0.25, -0.2) is 9.50 Å². The Kier molecular flexibility index (Phi) is 4.17. The van der Waals surface area contributed by atoms with Gasteiger partial charge in [-0.2, -0.15) is 0 Å². The van der Waals surface area contributed by atoms with E-state index in [0.717, 1.165) is 30.7 Å². The number of hydrogen-bond acceptors (Lipinski definition) is 4. The van der Waals surface area contributed by atoms with Crippen molar-refractivity contribution in [3.05, 3.63) is 56.3 Å². The van der Waals surface area contributed by atoms with Crippen molar-refractivity contribution < 1.29 is 4.79 Å². The number of amides is 1. The van der Waals surface area contributed by atoms with Crippen molar-refractivity contribution in [1.82, 2.24) is 19.5 Å². The first-order valence-electron chi connectivity index (χ1n) is 8.54. The molecule has 1 aliphatic heterocycles. The number of aromatic amines is 1. The number of rotatable bonds is 3. The van der Waals surface area contributed by atoms with E-state index in [1.165, 1.54) is 9.39 Å². The maximum atomic E-state index is 12.9. The highest BCUT2D eigenvalue weighted by Gasteiger charge is 2.29. The number of fused-ring (bicyclic) bond motifs is 1. The van der Waals surface area contributed by atoms with Crippen molar-refractivity contribution in [1.29, 1.82) is 0 Å². The molecule has 1 N–H and O–H groups in total. The Labute approximate surface area is 149 Å².